The highest BCUT2D eigenvalue weighted by molar-refractivity contribution is 7.99. The van der Waals surface area contributed by atoms with Crippen LogP contribution in [0.2, 0.25) is 0 Å². The summed E-state index contributed by atoms with van der Waals surface area (Å²) >= 11 is 3.28. The molecule has 0 bridgehead atoms. The number of rotatable bonds is 8. The third-order valence-corrected chi connectivity index (χ3v) is 7.58. The summed E-state index contributed by atoms with van der Waals surface area (Å²) in [7, 11) is -3.32. The number of likely N-dealkylation sites (N-methyl/N-ethyl adjacent to an activating group) is 1. The molecule has 1 unspecified atom stereocenters. The van der Waals surface area contributed by atoms with Crippen LogP contribution in [0.5, 0.6) is 0 Å². The number of thiophene rings is 1. The maximum atomic E-state index is 12.2. The highest BCUT2D eigenvalue weighted by atomic mass is 32.2. The second-order valence-electron chi connectivity index (χ2n) is 4.91. The summed E-state index contributed by atoms with van der Waals surface area (Å²) < 4.78 is 27.6. The van der Waals surface area contributed by atoms with Crippen LogP contribution in [0.15, 0.2) is 16.3 Å². The maximum absolute atomic E-state index is 12.2. The summed E-state index contributed by atoms with van der Waals surface area (Å²) in [6.45, 7) is 4.47. The van der Waals surface area contributed by atoms with Crippen LogP contribution in [0.1, 0.15) is 18.2 Å². The molecule has 2 rings (SSSR count). The Kier molecular flexibility index (Phi) is 6.35. The molecule has 0 radical (unpaired) electrons. The number of sulfonamides is 1. The molecule has 7 heteroatoms. The van der Waals surface area contributed by atoms with Crippen molar-refractivity contribution in [3.8, 4) is 0 Å². The Hall–Kier alpha value is -0.0800. The molecule has 1 aromatic rings. The fourth-order valence-electron chi connectivity index (χ4n) is 2.07. The van der Waals surface area contributed by atoms with E-state index in [0.717, 1.165) is 42.3 Å². The zero-order valence-corrected chi connectivity index (χ0v) is 14.2. The van der Waals surface area contributed by atoms with Crippen molar-refractivity contribution in [3.05, 3.63) is 17.0 Å². The first-order chi connectivity index (χ1) is 9.62. The van der Waals surface area contributed by atoms with Gasteiger partial charge in [0.25, 0.3) is 0 Å². The van der Waals surface area contributed by atoms with Crippen molar-refractivity contribution in [2.45, 2.75) is 24.0 Å². The van der Waals surface area contributed by atoms with Crippen molar-refractivity contribution < 1.29 is 8.42 Å². The average molecular weight is 335 g/mol. The van der Waals surface area contributed by atoms with Crippen molar-refractivity contribution in [2.24, 2.45) is 5.92 Å². The Labute approximate surface area is 129 Å². The molecule has 1 fully saturated rings. The molecule has 0 aliphatic carbocycles. The SMILES string of the molecule is CCNCCc1ccc(S(=O)(=O)NCC2CCSC2)s1. The van der Waals surface area contributed by atoms with Gasteiger partial charge in [0, 0.05) is 11.4 Å². The quantitative estimate of drug-likeness (QED) is 0.713. The number of nitrogens with one attached hydrogen (secondary N) is 2. The lowest BCUT2D eigenvalue weighted by Crippen LogP contribution is -2.28. The van der Waals surface area contributed by atoms with Gasteiger partial charge in [-0.15, -0.1) is 11.3 Å². The van der Waals surface area contributed by atoms with Crippen molar-refractivity contribution in [1.82, 2.24) is 10.0 Å². The Morgan fingerprint density at radius 2 is 2.25 bits per heavy atom. The summed E-state index contributed by atoms with van der Waals surface area (Å²) in [6.07, 6.45) is 2.00. The Morgan fingerprint density at radius 3 is 2.95 bits per heavy atom. The molecule has 1 aliphatic rings. The molecule has 0 aromatic carbocycles. The monoisotopic (exact) mass is 334 g/mol. The van der Waals surface area contributed by atoms with Crippen molar-refractivity contribution in [1.29, 1.82) is 0 Å². The van der Waals surface area contributed by atoms with Crippen LogP contribution >= 0.6 is 23.1 Å². The van der Waals surface area contributed by atoms with Crippen LogP contribution in [0.25, 0.3) is 0 Å². The lowest BCUT2D eigenvalue weighted by Gasteiger charge is -2.09. The molecule has 0 spiro atoms. The van der Waals surface area contributed by atoms with Gasteiger partial charge in [0.15, 0.2) is 0 Å². The third-order valence-electron chi connectivity index (χ3n) is 3.29. The van der Waals surface area contributed by atoms with Crippen LogP contribution in [0.4, 0.5) is 0 Å². The highest BCUT2D eigenvalue weighted by Crippen LogP contribution is 2.25. The zero-order valence-electron chi connectivity index (χ0n) is 11.7. The van der Waals surface area contributed by atoms with Gasteiger partial charge in [-0.1, -0.05) is 6.92 Å². The van der Waals surface area contributed by atoms with Crippen LogP contribution < -0.4 is 10.0 Å². The molecule has 2 heterocycles. The van der Waals surface area contributed by atoms with E-state index in [2.05, 4.69) is 17.0 Å². The van der Waals surface area contributed by atoms with Gasteiger partial charge >= 0.3 is 0 Å². The Balaban J connectivity index is 1.88. The van der Waals surface area contributed by atoms with E-state index in [-0.39, 0.29) is 0 Å². The largest absolute Gasteiger partial charge is 0.317 e. The van der Waals surface area contributed by atoms with E-state index in [1.807, 2.05) is 17.8 Å². The van der Waals surface area contributed by atoms with Gasteiger partial charge in [0.2, 0.25) is 10.0 Å². The van der Waals surface area contributed by atoms with E-state index in [4.69, 9.17) is 0 Å². The van der Waals surface area contributed by atoms with E-state index in [9.17, 15) is 8.42 Å². The van der Waals surface area contributed by atoms with Crippen LogP contribution in [-0.4, -0.2) is 39.6 Å². The van der Waals surface area contributed by atoms with E-state index in [1.54, 1.807) is 6.07 Å². The van der Waals surface area contributed by atoms with Crippen molar-refractivity contribution in [3.63, 3.8) is 0 Å². The van der Waals surface area contributed by atoms with Gasteiger partial charge in [0.05, 0.1) is 0 Å². The minimum absolute atomic E-state index is 0.439. The van der Waals surface area contributed by atoms with Crippen LogP contribution in [0, 0.1) is 5.92 Å². The molecule has 1 aliphatic heterocycles. The molecule has 1 saturated heterocycles. The van der Waals surface area contributed by atoms with E-state index >= 15 is 0 Å². The lowest BCUT2D eigenvalue weighted by molar-refractivity contribution is 0.547. The molecule has 114 valence electrons. The minimum Gasteiger partial charge on any atom is -0.317 e. The highest BCUT2D eigenvalue weighted by Gasteiger charge is 2.21. The van der Waals surface area contributed by atoms with Crippen molar-refractivity contribution >= 4 is 33.1 Å². The molecule has 4 nitrogen and oxygen atoms in total. The normalized spacial score (nSPS) is 19.6. The first-order valence-electron chi connectivity index (χ1n) is 6.98. The van der Waals surface area contributed by atoms with Gasteiger partial charge in [-0.25, -0.2) is 13.1 Å². The topological polar surface area (TPSA) is 58.2 Å². The molecular weight excluding hydrogens is 312 g/mol. The molecule has 20 heavy (non-hydrogen) atoms. The molecule has 2 N–H and O–H groups in total. The number of thioether (sulfide) groups is 1. The lowest BCUT2D eigenvalue weighted by atomic mass is 10.1. The summed E-state index contributed by atoms with van der Waals surface area (Å²) in [5.41, 5.74) is 0. The first-order valence-corrected chi connectivity index (χ1v) is 10.4. The second kappa shape index (κ2) is 7.79. The summed E-state index contributed by atoms with van der Waals surface area (Å²) in [5.74, 6) is 2.71. The zero-order chi connectivity index (χ0) is 14.4. The fourth-order valence-corrected chi connectivity index (χ4v) is 5.87. The van der Waals surface area contributed by atoms with E-state index in [1.165, 1.54) is 11.3 Å². The van der Waals surface area contributed by atoms with Crippen molar-refractivity contribution in [2.75, 3.05) is 31.1 Å². The molecule has 1 aromatic heterocycles. The molecule has 0 amide bonds. The van der Waals surface area contributed by atoms with Crippen LogP contribution in [-0.2, 0) is 16.4 Å². The predicted molar refractivity (Wildman–Crippen MR) is 87.2 cm³/mol. The number of hydrogen-bond donors (Lipinski definition) is 2. The minimum atomic E-state index is -3.32. The summed E-state index contributed by atoms with van der Waals surface area (Å²) in [4.78, 5) is 1.11. The van der Waals surface area contributed by atoms with Crippen LogP contribution in [0.3, 0.4) is 0 Å². The fraction of sp³-hybridized carbons (Fsp3) is 0.692. The second-order valence-corrected chi connectivity index (χ2v) is 9.22. The third kappa shape index (κ3) is 4.73. The Morgan fingerprint density at radius 1 is 1.40 bits per heavy atom. The molecular formula is C13H22N2O2S3. The number of hydrogen-bond acceptors (Lipinski definition) is 5. The van der Waals surface area contributed by atoms with Gasteiger partial charge in [-0.2, -0.15) is 11.8 Å². The molecule has 1 atom stereocenters. The maximum Gasteiger partial charge on any atom is 0.250 e. The summed E-state index contributed by atoms with van der Waals surface area (Å²) in [6, 6.07) is 3.64. The summed E-state index contributed by atoms with van der Waals surface area (Å²) in [5, 5.41) is 3.25. The smallest absolute Gasteiger partial charge is 0.250 e. The van der Waals surface area contributed by atoms with Gasteiger partial charge in [0.1, 0.15) is 4.21 Å². The van der Waals surface area contributed by atoms with E-state index < -0.39 is 10.0 Å². The standard InChI is InChI=1S/C13H22N2O2S3/c1-2-14-7-5-12-3-4-13(19-12)20(16,17)15-9-11-6-8-18-10-11/h3-4,11,14-15H,2,5-10H2,1H3. The van der Waals surface area contributed by atoms with Gasteiger partial charge < -0.3 is 5.32 Å². The van der Waals surface area contributed by atoms with E-state index in [0.29, 0.717) is 16.7 Å². The van der Waals surface area contributed by atoms with Gasteiger partial charge in [-0.3, -0.25) is 0 Å². The van der Waals surface area contributed by atoms with Gasteiger partial charge in [-0.05, 0) is 55.5 Å². The predicted octanol–water partition coefficient (Wildman–Crippen LogP) is 1.93. The average Bonchev–Trinajstić information content (AvgIpc) is 3.08. The Bertz CT molecular complexity index is 507. The molecule has 0 saturated carbocycles. The first kappa shape index (κ1) is 16.3.